The molecule has 0 aliphatic carbocycles. The van der Waals surface area contributed by atoms with Crippen LogP contribution in [-0.2, 0) is 22.6 Å². The molecule has 0 saturated carbocycles. The first-order valence-corrected chi connectivity index (χ1v) is 13.7. The first-order valence-electron chi connectivity index (χ1n) is 12.9. The minimum Gasteiger partial charge on any atom is -0.306 e. The number of likely N-dealkylation sites (tertiary alicyclic amines) is 1. The van der Waals surface area contributed by atoms with E-state index < -0.39 is 17.6 Å². The lowest BCUT2D eigenvalue weighted by Gasteiger charge is -2.30. The van der Waals surface area contributed by atoms with Crippen LogP contribution in [0.1, 0.15) is 48.6 Å². The van der Waals surface area contributed by atoms with Gasteiger partial charge in [-0.05, 0) is 65.0 Å². The number of halogens is 2. The van der Waals surface area contributed by atoms with E-state index in [1.807, 2.05) is 13.0 Å². The Bertz CT molecular complexity index is 1640. The Morgan fingerprint density at radius 1 is 1.12 bits per heavy atom. The van der Waals surface area contributed by atoms with Crippen LogP contribution in [0.5, 0.6) is 0 Å². The number of nitrogens with one attached hydrogen (secondary N) is 1. The van der Waals surface area contributed by atoms with Crippen molar-refractivity contribution in [3.05, 3.63) is 64.4 Å². The molecule has 0 bridgehead atoms. The molecule has 5 rings (SSSR count). The highest BCUT2D eigenvalue weighted by atomic mass is 79.9. The molecule has 1 fully saturated rings. The topological polar surface area (TPSA) is 123 Å². The van der Waals surface area contributed by atoms with Crippen LogP contribution in [-0.4, -0.2) is 59.6 Å². The fourth-order valence-electron chi connectivity index (χ4n) is 4.90. The normalized spacial score (nSPS) is 16.9. The highest BCUT2D eigenvalue weighted by Crippen LogP contribution is 2.34. The van der Waals surface area contributed by atoms with E-state index in [0.29, 0.717) is 34.2 Å². The molecular weight excluding hydrogens is 581 g/mol. The van der Waals surface area contributed by atoms with Gasteiger partial charge in [0.05, 0.1) is 5.52 Å². The minimum atomic E-state index is -2.54. The molecule has 2 amide bonds. The molecule has 12 heteroatoms. The first-order chi connectivity index (χ1) is 19.1. The van der Waals surface area contributed by atoms with Crippen LogP contribution in [0, 0.1) is 6.92 Å². The van der Waals surface area contributed by atoms with Crippen molar-refractivity contribution in [2.45, 2.75) is 52.4 Å². The van der Waals surface area contributed by atoms with E-state index in [1.165, 1.54) is 11.6 Å². The molecule has 10 nitrogen and oxygen atoms in total. The lowest BCUT2D eigenvalue weighted by Crippen LogP contribution is -2.53. The summed E-state index contributed by atoms with van der Waals surface area (Å²) in [5.41, 5.74) is 3.02. The lowest BCUT2D eigenvalue weighted by molar-refractivity contribution is -0.153. The average molecular weight is 608 g/mol. The molecule has 206 valence electrons. The minimum absolute atomic E-state index is 0.0750. The van der Waals surface area contributed by atoms with Crippen molar-refractivity contribution in [2.24, 2.45) is 0 Å². The number of rotatable bonds is 7. The number of fused-ring (bicyclic) bond motifs is 1. The molecule has 0 radical (unpaired) electrons. The van der Waals surface area contributed by atoms with Gasteiger partial charge in [0.15, 0.2) is 5.78 Å². The van der Waals surface area contributed by atoms with Gasteiger partial charge in [-0.2, -0.15) is 5.10 Å². The smallest absolute Gasteiger partial charge is 0.284 e. The maximum absolute atomic E-state index is 16.2. The van der Waals surface area contributed by atoms with Crippen molar-refractivity contribution in [1.82, 2.24) is 29.6 Å². The zero-order valence-electron chi connectivity index (χ0n) is 22.2. The Kier molecular flexibility index (Phi) is 7.45. The average Bonchev–Trinajstić information content (AvgIpc) is 3.50. The van der Waals surface area contributed by atoms with Crippen LogP contribution in [0.15, 0.2) is 47.3 Å². The second-order valence-corrected chi connectivity index (χ2v) is 10.5. The third-order valence-electron chi connectivity index (χ3n) is 7.01. The predicted molar refractivity (Wildman–Crippen MR) is 150 cm³/mol. The van der Waals surface area contributed by atoms with Crippen molar-refractivity contribution >= 4 is 50.2 Å². The van der Waals surface area contributed by atoms with Gasteiger partial charge in [-0.15, -0.1) is 0 Å². The molecule has 40 heavy (non-hydrogen) atoms. The standard InChI is InChI=1S/C28H27BrFN7O3/c1-4-18-7-9-23(29)33-26(18)34-27(40)28(30)10-5-11-36(28)24(39)15-37-22-8-6-19(20-13-31-17(3)32-14-20)12-21(22)25(35-37)16(2)38/h6-9,12-14H,4-5,10-11,15H2,1-3H3,(H,33,34,40)/t28-/m1/s1. The van der Waals surface area contributed by atoms with Gasteiger partial charge in [-0.1, -0.05) is 19.1 Å². The number of anilines is 1. The molecule has 1 saturated heterocycles. The fraction of sp³-hybridized carbons (Fsp3) is 0.321. The second kappa shape index (κ2) is 10.8. The van der Waals surface area contributed by atoms with Crippen LogP contribution >= 0.6 is 15.9 Å². The number of carbonyl (C=O) groups excluding carboxylic acids is 3. The summed E-state index contributed by atoms with van der Waals surface area (Å²) in [7, 11) is 0. The second-order valence-electron chi connectivity index (χ2n) is 9.67. The number of carbonyl (C=O) groups is 3. The SMILES string of the molecule is CCc1ccc(Br)nc1NC(=O)[C@@]1(F)CCCN1C(=O)Cn1nc(C(C)=O)c2cc(-c3cnc(C)nc3)ccc21. The Hall–Kier alpha value is -4.06. The summed E-state index contributed by atoms with van der Waals surface area (Å²) >= 11 is 3.28. The summed E-state index contributed by atoms with van der Waals surface area (Å²) in [5, 5.41) is 7.53. The molecule has 4 heterocycles. The van der Waals surface area contributed by atoms with Crippen LogP contribution < -0.4 is 5.32 Å². The van der Waals surface area contributed by atoms with Crippen LogP contribution in [0.4, 0.5) is 10.2 Å². The van der Waals surface area contributed by atoms with E-state index in [-0.39, 0.29) is 36.8 Å². The van der Waals surface area contributed by atoms with E-state index in [9.17, 15) is 14.4 Å². The van der Waals surface area contributed by atoms with Gasteiger partial charge in [0.25, 0.3) is 11.7 Å². The van der Waals surface area contributed by atoms with E-state index in [2.05, 4.69) is 41.3 Å². The number of nitrogens with zero attached hydrogens (tertiary/aromatic N) is 6. The number of amides is 2. The van der Waals surface area contributed by atoms with Crippen molar-refractivity contribution < 1.29 is 18.8 Å². The third-order valence-corrected chi connectivity index (χ3v) is 7.45. The molecule has 1 aromatic carbocycles. The largest absolute Gasteiger partial charge is 0.306 e. The Morgan fingerprint density at radius 3 is 2.58 bits per heavy atom. The first kappa shape index (κ1) is 27.5. The summed E-state index contributed by atoms with van der Waals surface area (Å²) in [6.45, 7) is 4.82. The van der Waals surface area contributed by atoms with Crippen molar-refractivity contribution in [3.8, 4) is 11.1 Å². The van der Waals surface area contributed by atoms with Crippen LogP contribution in [0.3, 0.4) is 0 Å². The van der Waals surface area contributed by atoms with Gasteiger partial charge in [0.1, 0.15) is 28.5 Å². The van der Waals surface area contributed by atoms with E-state index >= 15 is 4.39 Å². The van der Waals surface area contributed by atoms with Crippen LogP contribution in [0.25, 0.3) is 22.0 Å². The molecule has 1 N–H and O–H groups in total. The van der Waals surface area contributed by atoms with E-state index in [1.54, 1.807) is 43.6 Å². The molecular formula is C28H27BrFN7O3. The van der Waals surface area contributed by atoms with Crippen molar-refractivity contribution in [2.75, 3.05) is 11.9 Å². The number of benzene rings is 1. The Balaban J connectivity index is 1.42. The molecule has 1 atom stereocenters. The highest BCUT2D eigenvalue weighted by Gasteiger charge is 2.50. The van der Waals surface area contributed by atoms with Crippen molar-refractivity contribution in [1.29, 1.82) is 0 Å². The summed E-state index contributed by atoms with van der Waals surface area (Å²) in [5.74, 6) is -3.50. The number of alkyl halides is 1. The zero-order chi connectivity index (χ0) is 28.6. The molecule has 3 aromatic heterocycles. The molecule has 0 spiro atoms. The van der Waals surface area contributed by atoms with Gasteiger partial charge >= 0.3 is 0 Å². The molecule has 1 aliphatic rings. The quantitative estimate of drug-likeness (QED) is 0.184. The number of hydrogen-bond donors (Lipinski definition) is 1. The molecule has 0 unspecified atom stereocenters. The van der Waals surface area contributed by atoms with Crippen molar-refractivity contribution in [3.63, 3.8) is 0 Å². The predicted octanol–water partition coefficient (Wildman–Crippen LogP) is 4.65. The Morgan fingerprint density at radius 2 is 1.88 bits per heavy atom. The van der Waals surface area contributed by atoms with Crippen LogP contribution in [0.2, 0.25) is 0 Å². The number of ketones is 1. The van der Waals surface area contributed by atoms with E-state index in [0.717, 1.165) is 21.6 Å². The number of aryl methyl sites for hydroxylation is 2. The number of aromatic nitrogens is 5. The van der Waals surface area contributed by atoms with Gasteiger partial charge in [0.2, 0.25) is 5.91 Å². The number of pyridine rings is 1. The summed E-state index contributed by atoms with van der Waals surface area (Å²) in [6.07, 6.45) is 4.15. The summed E-state index contributed by atoms with van der Waals surface area (Å²) < 4.78 is 18.1. The van der Waals surface area contributed by atoms with Gasteiger partial charge in [-0.3, -0.25) is 19.1 Å². The maximum Gasteiger partial charge on any atom is 0.284 e. The number of hydrogen-bond acceptors (Lipinski definition) is 7. The maximum atomic E-state index is 16.2. The Labute approximate surface area is 238 Å². The monoisotopic (exact) mass is 607 g/mol. The van der Waals surface area contributed by atoms with E-state index in [4.69, 9.17) is 0 Å². The zero-order valence-corrected chi connectivity index (χ0v) is 23.8. The van der Waals surface area contributed by atoms with Gasteiger partial charge < -0.3 is 10.2 Å². The molecule has 4 aromatic rings. The molecule has 1 aliphatic heterocycles. The third kappa shape index (κ3) is 5.10. The highest BCUT2D eigenvalue weighted by molar-refractivity contribution is 9.10. The summed E-state index contributed by atoms with van der Waals surface area (Å²) in [6, 6.07) is 8.91. The van der Waals surface area contributed by atoms with Gasteiger partial charge in [-0.25, -0.2) is 19.3 Å². The number of Topliss-reactive ketones (excluding diaryl/α,β-unsaturated/α-hetero) is 1. The fourth-order valence-corrected chi connectivity index (χ4v) is 5.21. The van der Waals surface area contributed by atoms with Gasteiger partial charge in [0, 0.05) is 43.2 Å². The summed E-state index contributed by atoms with van der Waals surface area (Å²) in [4.78, 5) is 52.7. The lowest BCUT2D eigenvalue weighted by atomic mass is 10.0.